The number of nitrogens with zero attached hydrogens (tertiary/aromatic N) is 4. The van der Waals surface area contributed by atoms with Gasteiger partial charge in [0, 0.05) is 44.5 Å². The van der Waals surface area contributed by atoms with Gasteiger partial charge < -0.3 is 24.6 Å². The molecule has 0 aliphatic carbocycles. The summed E-state index contributed by atoms with van der Waals surface area (Å²) in [6.45, 7) is 8.32. The van der Waals surface area contributed by atoms with Gasteiger partial charge in [0.2, 0.25) is 5.91 Å². The molecule has 12 nitrogen and oxygen atoms in total. The molecule has 47 heavy (non-hydrogen) atoms. The van der Waals surface area contributed by atoms with Crippen LogP contribution < -0.4 is 10.9 Å². The van der Waals surface area contributed by atoms with Gasteiger partial charge in [-0.2, -0.15) is 5.10 Å². The highest BCUT2D eigenvalue weighted by atomic mass is 19.1. The number of aromatic nitrogens is 2. The van der Waals surface area contributed by atoms with Crippen molar-refractivity contribution in [3.63, 3.8) is 0 Å². The quantitative estimate of drug-likeness (QED) is 0.361. The second-order valence-corrected chi connectivity index (χ2v) is 12.9. The number of ether oxygens (including phenoxy) is 2. The van der Waals surface area contributed by atoms with E-state index in [0.29, 0.717) is 28.6 Å². The van der Waals surface area contributed by atoms with Gasteiger partial charge in [-0.05, 0) is 70.5 Å². The van der Waals surface area contributed by atoms with Crippen LogP contribution in [0.2, 0.25) is 0 Å². The van der Waals surface area contributed by atoms with Crippen molar-refractivity contribution in [2.75, 3.05) is 59.0 Å². The Labute approximate surface area is 273 Å². The molecule has 0 unspecified atom stereocenters. The van der Waals surface area contributed by atoms with Crippen molar-refractivity contribution in [2.45, 2.75) is 51.7 Å². The van der Waals surface area contributed by atoms with Crippen molar-refractivity contribution in [3.05, 3.63) is 75.5 Å². The fourth-order valence-electron chi connectivity index (χ4n) is 5.79. The number of carbonyl (C=O) groups is 3. The third kappa shape index (κ3) is 8.92. The SMILES string of the molecule is CC(C)(C)OC(=O)N(CCOC1CCNCC1)CC(=O)N1CCN(C(=O)c2cc(Cc3n[nH]c(=O)c4ccccc34)ccc2F)CC1. The predicted octanol–water partition coefficient (Wildman–Crippen LogP) is 2.94. The molecule has 3 amide bonds. The van der Waals surface area contributed by atoms with Crippen molar-refractivity contribution < 1.29 is 28.2 Å². The van der Waals surface area contributed by atoms with E-state index in [2.05, 4.69) is 15.5 Å². The van der Waals surface area contributed by atoms with Crippen LogP contribution in [0.25, 0.3) is 10.8 Å². The van der Waals surface area contributed by atoms with E-state index in [4.69, 9.17) is 9.47 Å². The van der Waals surface area contributed by atoms with Gasteiger partial charge in [-0.25, -0.2) is 14.3 Å². The molecule has 2 N–H and O–H groups in total. The summed E-state index contributed by atoms with van der Waals surface area (Å²) in [6.07, 6.45) is 1.60. The average molecular weight is 651 g/mol. The van der Waals surface area contributed by atoms with Gasteiger partial charge in [0.25, 0.3) is 11.5 Å². The van der Waals surface area contributed by atoms with E-state index in [0.717, 1.165) is 25.9 Å². The molecule has 2 aromatic carbocycles. The summed E-state index contributed by atoms with van der Waals surface area (Å²) in [6, 6.07) is 11.5. The summed E-state index contributed by atoms with van der Waals surface area (Å²) in [5.41, 5.74) is 0.184. The molecule has 2 aliphatic rings. The van der Waals surface area contributed by atoms with Gasteiger partial charge in [-0.1, -0.05) is 24.3 Å². The van der Waals surface area contributed by atoms with Gasteiger partial charge in [-0.3, -0.25) is 19.3 Å². The number of rotatable bonds is 9. The molecule has 0 bridgehead atoms. The van der Waals surface area contributed by atoms with Crippen LogP contribution in [0.4, 0.5) is 9.18 Å². The Morgan fingerprint density at radius 2 is 1.68 bits per heavy atom. The first-order chi connectivity index (χ1) is 22.5. The Morgan fingerprint density at radius 1 is 1.00 bits per heavy atom. The zero-order valence-electron chi connectivity index (χ0n) is 27.2. The minimum atomic E-state index is -0.725. The molecule has 13 heteroatoms. The molecule has 3 aromatic rings. The average Bonchev–Trinajstić information content (AvgIpc) is 3.06. The maximum absolute atomic E-state index is 14.9. The fourth-order valence-corrected chi connectivity index (χ4v) is 5.79. The van der Waals surface area contributed by atoms with E-state index < -0.39 is 23.4 Å². The molecular formula is C34H43FN6O6. The summed E-state index contributed by atoms with van der Waals surface area (Å²) >= 11 is 0. The van der Waals surface area contributed by atoms with Crippen LogP contribution in [0.1, 0.15) is 55.2 Å². The van der Waals surface area contributed by atoms with Crippen LogP contribution in [0, 0.1) is 5.82 Å². The number of hydrogen-bond donors (Lipinski definition) is 2. The molecular weight excluding hydrogens is 607 g/mol. The lowest BCUT2D eigenvalue weighted by molar-refractivity contribution is -0.134. The summed E-state index contributed by atoms with van der Waals surface area (Å²) < 4.78 is 26.5. The maximum atomic E-state index is 14.9. The van der Waals surface area contributed by atoms with Crippen LogP contribution in [0.15, 0.2) is 47.3 Å². The van der Waals surface area contributed by atoms with E-state index in [1.807, 2.05) is 6.07 Å². The van der Waals surface area contributed by atoms with Gasteiger partial charge in [0.1, 0.15) is 18.0 Å². The predicted molar refractivity (Wildman–Crippen MR) is 174 cm³/mol. The van der Waals surface area contributed by atoms with E-state index in [9.17, 15) is 23.6 Å². The van der Waals surface area contributed by atoms with Crippen molar-refractivity contribution in [1.29, 1.82) is 0 Å². The molecule has 0 spiro atoms. The molecule has 0 atom stereocenters. The van der Waals surface area contributed by atoms with Gasteiger partial charge in [0.15, 0.2) is 0 Å². The maximum Gasteiger partial charge on any atom is 0.410 e. The van der Waals surface area contributed by atoms with Crippen LogP contribution in [-0.4, -0.2) is 113 Å². The third-order valence-corrected chi connectivity index (χ3v) is 8.31. The number of fused-ring (bicyclic) bond motifs is 1. The molecule has 2 aliphatic heterocycles. The molecule has 2 fully saturated rings. The number of piperidine rings is 1. The first-order valence-corrected chi connectivity index (χ1v) is 16.1. The summed E-state index contributed by atoms with van der Waals surface area (Å²) in [5.74, 6) is -1.38. The van der Waals surface area contributed by atoms with Crippen molar-refractivity contribution in [2.24, 2.45) is 0 Å². The van der Waals surface area contributed by atoms with Gasteiger partial charge in [0.05, 0.1) is 29.4 Å². The molecule has 252 valence electrons. The topological polar surface area (TPSA) is 137 Å². The number of nitrogens with one attached hydrogen (secondary N) is 2. The van der Waals surface area contributed by atoms with Crippen LogP contribution in [0.3, 0.4) is 0 Å². The van der Waals surface area contributed by atoms with Gasteiger partial charge in [-0.15, -0.1) is 0 Å². The minimum absolute atomic E-state index is 0.0687. The normalized spacial score (nSPS) is 15.9. The van der Waals surface area contributed by atoms with Crippen molar-refractivity contribution in [1.82, 2.24) is 30.2 Å². The molecule has 1 aromatic heterocycles. The lowest BCUT2D eigenvalue weighted by Gasteiger charge is -2.36. The number of benzene rings is 2. The number of hydrogen-bond acceptors (Lipinski definition) is 8. The standard InChI is InChI=1S/C34H43FN6O6/c1-34(2,3)47-33(45)41(18-19-46-24-10-12-36-13-11-24)22-30(42)39-14-16-40(17-15-39)32(44)27-20-23(8-9-28(27)35)21-29-25-6-4-5-7-26(25)31(43)38-37-29/h4-9,20,24,36H,10-19,21-22H2,1-3H3,(H,38,43). The monoisotopic (exact) mass is 650 g/mol. The number of piperazine rings is 1. The number of H-pyrrole nitrogens is 1. The largest absolute Gasteiger partial charge is 0.444 e. The fraction of sp³-hybridized carbons (Fsp3) is 0.500. The van der Waals surface area contributed by atoms with E-state index in [1.165, 1.54) is 21.9 Å². The second-order valence-electron chi connectivity index (χ2n) is 12.9. The molecule has 0 radical (unpaired) electrons. The zero-order chi connectivity index (χ0) is 33.6. The molecule has 2 saturated heterocycles. The Bertz CT molecular complexity index is 1640. The minimum Gasteiger partial charge on any atom is -0.444 e. The Balaban J connectivity index is 1.19. The number of aromatic amines is 1. The van der Waals surface area contributed by atoms with Crippen LogP contribution in [0.5, 0.6) is 0 Å². The Morgan fingerprint density at radius 3 is 2.38 bits per heavy atom. The smallest absolute Gasteiger partial charge is 0.410 e. The Hall–Kier alpha value is -4.36. The van der Waals surface area contributed by atoms with Crippen molar-refractivity contribution in [3.8, 4) is 0 Å². The highest BCUT2D eigenvalue weighted by molar-refractivity contribution is 5.95. The zero-order valence-corrected chi connectivity index (χ0v) is 27.2. The lowest BCUT2D eigenvalue weighted by Crippen LogP contribution is -2.53. The first-order valence-electron chi connectivity index (χ1n) is 16.1. The molecule has 0 saturated carbocycles. The highest BCUT2D eigenvalue weighted by Gasteiger charge is 2.30. The third-order valence-electron chi connectivity index (χ3n) is 8.31. The number of amides is 3. The molecule has 3 heterocycles. The van der Waals surface area contributed by atoms with E-state index in [1.54, 1.807) is 49.9 Å². The van der Waals surface area contributed by atoms with E-state index >= 15 is 0 Å². The molecule has 5 rings (SSSR count). The number of carbonyl (C=O) groups excluding carboxylic acids is 3. The van der Waals surface area contributed by atoms with E-state index in [-0.39, 0.29) is 68.8 Å². The summed E-state index contributed by atoms with van der Waals surface area (Å²) in [7, 11) is 0. The lowest BCUT2D eigenvalue weighted by atomic mass is 10.0. The Kier molecular flexibility index (Phi) is 10.9. The van der Waals surface area contributed by atoms with Crippen LogP contribution in [-0.2, 0) is 20.7 Å². The van der Waals surface area contributed by atoms with Crippen LogP contribution >= 0.6 is 0 Å². The highest BCUT2D eigenvalue weighted by Crippen LogP contribution is 2.20. The van der Waals surface area contributed by atoms with Crippen molar-refractivity contribution >= 4 is 28.7 Å². The summed E-state index contributed by atoms with van der Waals surface area (Å²) in [5, 5.41) is 11.2. The summed E-state index contributed by atoms with van der Waals surface area (Å²) in [4.78, 5) is 56.4. The van der Waals surface area contributed by atoms with Gasteiger partial charge >= 0.3 is 6.09 Å². The second kappa shape index (κ2) is 15.0. The number of halogens is 1. The first kappa shape index (κ1) is 34.0.